The lowest BCUT2D eigenvalue weighted by atomic mass is 10.2. The molecule has 0 aliphatic heterocycles. The first kappa shape index (κ1) is 12.6. The lowest BCUT2D eigenvalue weighted by molar-refractivity contribution is 0.0482. The van der Waals surface area contributed by atoms with Crippen LogP contribution in [-0.4, -0.2) is 29.6 Å². The number of aromatic nitrogens is 1. The average Bonchev–Trinajstić information content (AvgIpc) is 2.88. The highest BCUT2D eigenvalue weighted by Gasteiger charge is 2.25. The van der Waals surface area contributed by atoms with Crippen LogP contribution < -0.4 is 0 Å². The van der Waals surface area contributed by atoms with E-state index in [-0.39, 0.29) is 24.3 Å². The van der Waals surface area contributed by atoms with Gasteiger partial charge in [-0.3, -0.25) is 0 Å². The van der Waals surface area contributed by atoms with Gasteiger partial charge in [0.1, 0.15) is 10.4 Å². The Morgan fingerprint density at radius 1 is 1.22 bits per heavy atom. The average molecular weight is 267 g/mol. The highest BCUT2D eigenvalue weighted by atomic mass is 32.1. The molecule has 96 valence electrons. The quantitative estimate of drug-likeness (QED) is 0.798. The van der Waals surface area contributed by atoms with Crippen LogP contribution in [0.3, 0.4) is 0 Å². The van der Waals surface area contributed by atoms with Gasteiger partial charge in [0.15, 0.2) is 0 Å². The van der Waals surface area contributed by atoms with Crippen LogP contribution in [-0.2, 0) is 9.47 Å². The van der Waals surface area contributed by atoms with Gasteiger partial charge in [-0.25, -0.2) is 9.59 Å². The molecule has 2 aromatic rings. The molecule has 6 heteroatoms. The first-order valence-corrected chi connectivity index (χ1v) is 6.49. The van der Waals surface area contributed by atoms with Crippen LogP contribution in [0.1, 0.15) is 34.6 Å². The van der Waals surface area contributed by atoms with Gasteiger partial charge in [-0.05, 0) is 13.8 Å². The van der Waals surface area contributed by atoms with E-state index in [1.165, 1.54) is 11.3 Å². The van der Waals surface area contributed by atoms with Crippen molar-refractivity contribution in [1.29, 1.82) is 0 Å². The minimum Gasteiger partial charge on any atom is -0.462 e. The monoisotopic (exact) mass is 267 g/mol. The molecule has 0 saturated carbocycles. The van der Waals surface area contributed by atoms with Crippen molar-refractivity contribution in [2.45, 2.75) is 13.8 Å². The second-order valence-electron chi connectivity index (χ2n) is 3.47. The first-order chi connectivity index (χ1) is 8.69. The second kappa shape index (κ2) is 5.22. The van der Waals surface area contributed by atoms with Crippen LogP contribution in [0.4, 0.5) is 0 Å². The molecule has 0 aromatic carbocycles. The van der Waals surface area contributed by atoms with Crippen molar-refractivity contribution >= 4 is 28.1 Å². The van der Waals surface area contributed by atoms with E-state index in [1.54, 1.807) is 30.6 Å². The number of rotatable bonds is 4. The largest absolute Gasteiger partial charge is 0.462 e. The summed E-state index contributed by atoms with van der Waals surface area (Å²) in [6.45, 7) is 3.98. The van der Waals surface area contributed by atoms with E-state index in [0.717, 1.165) is 0 Å². The molecule has 0 aliphatic rings. The summed E-state index contributed by atoms with van der Waals surface area (Å²) in [7, 11) is 0. The zero-order valence-electron chi connectivity index (χ0n) is 10.1. The fourth-order valence-corrected chi connectivity index (χ4v) is 2.53. The Morgan fingerprint density at radius 3 is 2.56 bits per heavy atom. The number of fused-ring (bicyclic) bond motifs is 1. The van der Waals surface area contributed by atoms with Crippen LogP contribution in [0.15, 0.2) is 17.8 Å². The molecule has 2 heterocycles. The molecule has 0 amide bonds. The molecule has 0 radical (unpaired) electrons. The third kappa shape index (κ3) is 2.11. The first-order valence-electron chi connectivity index (χ1n) is 5.61. The van der Waals surface area contributed by atoms with E-state index < -0.39 is 11.9 Å². The van der Waals surface area contributed by atoms with Gasteiger partial charge in [0, 0.05) is 17.8 Å². The third-order valence-electron chi connectivity index (χ3n) is 2.36. The summed E-state index contributed by atoms with van der Waals surface area (Å²) in [6, 6.07) is 0. The minimum atomic E-state index is -0.503. The Hall–Kier alpha value is -1.82. The van der Waals surface area contributed by atoms with E-state index in [9.17, 15) is 9.59 Å². The van der Waals surface area contributed by atoms with Crippen molar-refractivity contribution in [2.75, 3.05) is 13.2 Å². The van der Waals surface area contributed by atoms with Crippen LogP contribution in [0.5, 0.6) is 0 Å². The predicted octanol–water partition coefficient (Wildman–Crippen LogP) is 2.35. The standard InChI is InChI=1S/C12H13NO4S/c1-3-16-11(14)8-7-13-5-6-18-10(13)9(8)12(15)17-4-2/h5-7H,3-4H2,1-2H3. The normalized spacial score (nSPS) is 10.6. The van der Waals surface area contributed by atoms with Crippen molar-refractivity contribution in [3.8, 4) is 0 Å². The number of carbonyl (C=O) groups excluding carboxylic acids is 2. The molecule has 0 bridgehead atoms. The molecule has 5 nitrogen and oxygen atoms in total. The maximum Gasteiger partial charge on any atom is 0.342 e. The van der Waals surface area contributed by atoms with Gasteiger partial charge in [-0.1, -0.05) is 0 Å². The van der Waals surface area contributed by atoms with E-state index in [1.807, 2.05) is 5.38 Å². The number of thiazole rings is 1. The molecule has 18 heavy (non-hydrogen) atoms. The van der Waals surface area contributed by atoms with E-state index in [0.29, 0.717) is 4.83 Å². The lowest BCUT2D eigenvalue weighted by Crippen LogP contribution is -2.12. The molecule has 0 N–H and O–H groups in total. The molecular weight excluding hydrogens is 254 g/mol. The summed E-state index contributed by atoms with van der Waals surface area (Å²) in [5.74, 6) is -0.998. The number of nitrogens with zero attached hydrogens (tertiary/aromatic N) is 1. The molecule has 2 aromatic heterocycles. The number of ether oxygens (including phenoxy) is 2. The molecule has 0 saturated heterocycles. The summed E-state index contributed by atoms with van der Waals surface area (Å²) >= 11 is 1.38. The second-order valence-corrected chi connectivity index (χ2v) is 4.37. The summed E-state index contributed by atoms with van der Waals surface area (Å²) in [5.41, 5.74) is 0.535. The molecule has 0 spiro atoms. The zero-order valence-corrected chi connectivity index (χ0v) is 11.0. The smallest absolute Gasteiger partial charge is 0.342 e. The van der Waals surface area contributed by atoms with Crippen LogP contribution >= 0.6 is 11.3 Å². The summed E-state index contributed by atoms with van der Waals surface area (Å²) in [5, 5.41) is 1.84. The van der Waals surface area contributed by atoms with Gasteiger partial charge in [0.05, 0.1) is 18.8 Å². The maximum atomic E-state index is 11.9. The topological polar surface area (TPSA) is 57.0 Å². The van der Waals surface area contributed by atoms with Crippen molar-refractivity contribution < 1.29 is 19.1 Å². The highest BCUT2D eigenvalue weighted by molar-refractivity contribution is 7.16. The van der Waals surface area contributed by atoms with Crippen molar-refractivity contribution in [2.24, 2.45) is 0 Å². The SMILES string of the molecule is CCOC(=O)c1cn2ccsc2c1C(=O)OCC. The van der Waals surface area contributed by atoms with E-state index in [4.69, 9.17) is 9.47 Å². The number of hydrogen-bond donors (Lipinski definition) is 0. The molecule has 0 unspecified atom stereocenters. The Kier molecular flexibility index (Phi) is 3.66. The predicted molar refractivity (Wildman–Crippen MR) is 67.2 cm³/mol. The maximum absolute atomic E-state index is 11.9. The summed E-state index contributed by atoms with van der Waals surface area (Å²) < 4.78 is 11.6. The van der Waals surface area contributed by atoms with Gasteiger partial charge in [0.2, 0.25) is 0 Å². The Morgan fingerprint density at radius 2 is 1.89 bits per heavy atom. The third-order valence-corrected chi connectivity index (χ3v) is 3.26. The molecule has 0 atom stereocenters. The van der Waals surface area contributed by atoms with Gasteiger partial charge >= 0.3 is 11.9 Å². The van der Waals surface area contributed by atoms with Gasteiger partial charge < -0.3 is 13.9 Å². The van der Waals surface area contributed by atoms with Crippen LogP contribution in [0.2, 0.25) is 0 Å². The van der Waals surface area contributed by atoms with Crippen molar-refractivity contribution in [3.05, 3.63) is 28.9 Å². The van der Waals surface area contributed by atoms with Crippen LogP contribution in [0, 0.1) is 0 Å². The minimum absolute atomic E-state index is 0.252. The summed E-state index contributed by atoms with van der Waals surface area (Å²) in [4.78, 5) is 24.4. The number of carbonyl (C=O) groups is 2. The van der Waals surface area contributed by atoms with E-state index in [2.05, 4.69) is 0 Å². The molecule has 0 aliphatic carbocycles. The number of hydrogen-bond acceptors (Lipinski definition) is 5. The Bertz CT molecular complexity index is 584. The Labute approximate surface area is 108 Å². The lowest BCUT2D eigenvalue weighted by Gasteiger charge is -2.03. The van der Waals surface area contributed by atoms with Gasteiger partial charge in [-0.15, -0.1) is 11.3 Å². The summed E-state index contributed by atoms with van der Waals surface area (Å²) in [6.07, 6.45) is 3.38. The zero-order chi connectivity index (χ0) is 13.1. The fourth-order valence-electron chi connectivity index (χ4n) is 1.66. The molecular formula is C12H13NO4S. The molecule has 2 rings (SSSR count). The highest BCUT2D eigenvalue weighted by Crippen LogP contribution is 2.25. The fraction of sp³-hybridized carbons (Fsp3) is 0.333. The van der Waals surface area contributed by atoms with Crippen molar-refractivity contribution in [3.63, 3.8) is 0 Å². The number of esters is 2. The van der Waals surface area contributed by atoms with Crippen molar-refractivity contribution in [1.82, 2.24) is 4.40 Å². The van der Waals surface area contributed by atoms with Gasteiger partial charge in [-0.2, -0.15) is 0 Å². The van der Waals surface area contributed by atoms with Gasteiger partial charge in [0.25, 0.3) is 0 Å². The Balaban J connectivity index is 2.51. The van der Waals surface area contributed by atoms with Crippen LogP contribution in [0.25, 0.3) is 4.83 Å². The van der Waals surface area contributed by atoms with E-state index >= 15 is 0 Å². The molecule has 0 fully saturated rings.